The van der Waals surface area contributed by atoms with Gasteiger partial charge in [0, 0.05) is 13.0 Å². The van der Waals surface area contributed by atoms with Crippen molar-refractivity contribution >= 4 is 23.5 Å². The Morgan fingerprint density at radius 2 is 1.78 bits per heavy atom. The van der Waals surface area contributed by atoms with E-state index in [9.17, 15) is 14.7 Å². The molecule has 1 heterocycles. The van der Waals surface area contributed by atoms with Gasteiger partial charge >= 0.3 is 11.9 Å². The maximum atomic E-state index is 12.6. The molecule has 0 bridgehead atoms. The second-order valence-electron chi connectivity index (χ2n) is 7.54. The summed E-state index contributed by atoms with van der Waals surface area (Å²) in [6.07, 6.45) is 3.36. The van der Waals surface area contributed by atoms with E-state index in [4.69, 9.17) is 16.3 Å². The van der Waals surface area contributed by atoms with Crippen LogP contribution in [0, 0.1) is 0 Å². The Hall–Kier alpha value is -3.12. The Bertz CT molecular complexity index is 1090. The number of carbonyl (C=O) groups is 2. The van der Waals surface area contributed by atoms with E-state index in [-0.39, 0.29) is 16.4 Å². The first-order valence-corrected chi connectivity index (χ1v) is 11.2. The summed E-state index contributed by atoms with van der Waals surface area (Å²) in [7, 11) is 0. The molecule has 0 spiro atoms. The number of imidazole rings is 1. The lowest BCUT2D eigenvalue weighted by molar-refractivity contribution is 0.0492. The number of nitrogens with zero attached hydrogens (tertiary/aromatic N) is 2. The number of aromatic carboxylic acids is 1. The molecule has 0 atom stereocenters. The molecule has 0 aliphatic carbocycles. The lowest BCUT2D eigenvalue weighted by Gasteiger charge is -2.13. The van der Waals surface area contributed by atoms with E-state index < -0.39 is 11.9 Å². The Morgan fingerprint density at radius 3 is 2.44 bits per heavy atom. The predicted octanol–water partition coefficient (Wildman–Crippen LogP) is 5.86. The molecule has 1 N–H and O–H groups in total. The zero-order chi connectivity index (χ0) is 23.1. The van der Waals surface area contributed by atoms with E-state index in [0.717, 1.165) is 36.2 Å². The van der Waals surface area contributed by atoms with E-state index >= 15 is 0 Å². The van der Waals surface area contributed by atoms with Gasteiger partial charge in [-0.25, -0.2) is 14.6 Å². The standard InChI is InChI=1S/C25H27ClN2O4/c1-3-5-10-21-27-23(26)22(25(31)32-15-4-2)28(21)16-17-11-13-18(14-12-17)19-8-6-7-9-20(19)24(29)30/h6-9,11-14H,3-5,10,15-16H2,1-2H3,(H,29,30). The first-order chi connectivity index (χ1) is 15.5. The number of carboxylic acid groups (broad SMARTS) is 1. The molecule has 0 saturated carbocycles. The highest BCUT2D eigenvalue weighted by Crippen LogP contribution is 2.26. The molecule has 6 nitrogen and oxygen atoms in total. The molecule has 168 valence electrons. The SMILES string of the molecule is CCCCc1nc(Cl)c(C(=O)OCCC)n1Cc1ccc(-c2ccccc2C(=O)O)cc1. The number of carbonyl (C=O) groups excluding carboxylic acids is 1. The Morgan fingerprint density at radius 1 is 1.06 bits per heavy atom. The third-order valence-corrected chi connectivity index (χ3v) is 5.42. The van der Waals surface area contributed by atoms with Crippen LogP contribution < -0.4 is 0 Å². The van der Waals surface area contributed by atoms with Crippen LogP contribution in [0.4, 0.5) is 0 Å². The van der Waals surface area contributed by atoms with Crippen molar-refractivity contribution in [3.63, 3.8) is 0 Å². The molecule has 0 aliphatic heterocycles. The van der Waals surface area contributed by atoms with Gasteiger partial charge in [-0.1, -0.05) is 74.3 Å². The fourth-order valence-electron chi connectivity index (χ4n) is 3.51. The predicted molar refractivity (Wildman–Crippen MR) is 124 cm³/mol. The fourth-order valence-corrected chi connectivity index (χ4v) is 3.79. The molecule has 32 heavy (non-hydrogen) atoms. The minimum atomic E-state index is -0.964. The molecule has 0 aliphatic rings. The van der Waals surface area contributed by atoms with Crippen LogP contribution in [0.5, 0.6) is 0 Å². The van der Waals surface area contributed by atoms with Crippen LogP contribution >= 0.6 is 11.6 Å². The van der Waals surface area contributed by atoms with Gasteiger partial charge in [0.1, 0.15) is 5.82 Å². The van der Waals surface area contributed by atoms with Crippen molar-refractivity contribution in [1.29, 1.82) is 0 Å². The average Bonchev–Trinajstić information content (AvgIpc) is 3.11. The van der Waals surface area contributed by atoms with Crippen LogP contribution in [0.3, 0.4) is 0 Å². The van der Waals surface area contributed by atoms with Gasteiger partial charge in [0.25, 0.3) is 0 Å². The van der Waals surface area contributed by atoms with Gasteiger partial charge in [0.2, 0.25) is 0 Å². The van der Waals surface area contributed by atoms with Crippen molar-refractivity contribution in [2.45, 2.75) is 46.1 Å². The molecule has 3 aromatic rings. The molecule has 7 heteroatoms. The quantitative estimate of drug-likeness (QED) is 0.388. The lowest BCUT2D eigenvalue weighted by Crippen LogP contribution is -2.16. The zero-order valence-corrected chi connectivity index (χ0v) is 19.1. The molecule has 0 unspecified atom stereocenters. The third-order valence-electron chi connectivity index (χ3n) is 5.15. The smallest absolute Gasteiger partial charge is 0.358 e. The van der Waals surface area contributed by atoms with Crippen LogP contribution in [0.1, 0.15) is 65.3 Å². The van der Waals surface area contributed by atoms with Crippen molar-refractivity contribution in [2.24, 2.45) is 0 Å². The van der Waals surface area contributed by atoms with E-state index in [1.807, 2.05) is 41.8 Å². The highest BCUT2D eigenvalue weighted by molar-refractivity contribution is 6.32. The molecular weight excluding hydrogens is 428 g/mol. The Balaban J connectivity index is 1.92. The summed E-state index contributed by atoms with van der Waals surface area (Å²) in [4.78, 5) is 28.6. The summed E-state index contributed by atoms with van der Waals surface area (Å²) in [5.74, 6) is -0.687. The van der Waals surface area contributed by atoms with Crippen molar-refractivity contribution in [1.82, 2.24) is 9.55 Å². The maximum Gasteiger partial charge on any atom is 0.358 e. The van der Waals surface area contributed by atoms with Crippen LogP contribution in [0.25, 0.3) is 11.1 Å². The summed E-state index contributed by atoms with van der Waals surface area (Å²) in [6.45, 7) is 4.76. The number of halogens is 1. The molecule has 3 rings (SSSR count). The van der Waals surface area contributed by atoms with Gasteiger partial charge in [0.05, 0.1) is 12.2 Å². The number of hydrogen-bond acceptors (Lipinski definition) is 4. The lowest BCUT2D eigenvalue weighted by atomic mass is 9.99. The first-order valence-electron chi connectivity index (χ1n) is 10.8. The molecule has 0 amide bonds. The minimum Gasteiger partial charge on any atom is -0.478 e. The summed E-state index contributed by atoms with van der Waals surface area (Å²) in [5.41, 5.74) is 2.93. The molecule has 1 aromatic heterocycles. The van der Waals surface area contributed by atoms with Gasteiger partial charge < -0.3 is 14.4 Å². The van der Waals surface area contributed by atoms with Crippen molar-refractivity contribution in [3.8, 4) is 11.1 Å². The van der Waals surface area contributed by atoms with Gasteiger partial charge in [-0.15, -0.1) is 0 Å². The van der Waals surface area contributed by atoms with E-state index in [1.54, 1.807) is 18.2 Å². The number of hydrogen-bond donors (Lipinski definition) is 1. The van der Waals surface area contributed by atoms with Gasteiger partial charge in [0.15, 0.2) is 10.8 Å². The van der Waals surface area contributed by atoms with Crippen LogP contribution in [0.15, 0.2) is 48.5 Å². The van der Waals surface area contributed by atoms with Crippen molar-refractivity contribution < 1.29 is 19.4 Å². The topological polar surface area (TPSA) is 81.4 Å². The first kappa shape index (κ1) is 23.5. The van der Waals surface area contributed by atoms with Crippen molar-refractivity contribution in [2.75, 3.05) is 6.61 Å². The van der Waals surface area contributed by atoms with Gasteiger partial charge in [-0.05, 0) is 35.6 Å². The number of benzene rings is 2. The van der Waals surface area contributed by atoms with Crippen LogP contribution in [-0.4, -0.2) is 33.2 Å². The number of ether oxygens (including phenoxy) is 1. The number of rotatable bonds is 10. The number of unbranched alkanes of at least 4 members (excludes halogenated alkanes) is 1. The average molecular weight is 455 g/mol. The van der Waals surface area contributed by atoms with E-state index in [0.29, 0.717) is 25.1 Å². The largest absolute Gasteiger partial charge is 0.478 e. The van der Waals surface area contributed by atoms with Crippen molar-refractivity contribution in [3.05, 3.63) is 76.3 Å². The maximum absolute atomic E-state index is 12.6. The van der Waals surface area contributed by atoms with Gasteiger partial charge in [-0.2, -0.15) is 0 Å². The Kier molecular flexibility index (Phi) is 8.06. The molecule has 0 saturated heterocycles. The summed E-state index contributed by atoms with van der Waals surface area (Å²) >= 11 is 6.33. The number of aromatic nitrogens is 2. The highest BCUT2D eigenvalue weighted by atomic mass is 35.5. The Labute approximate surface area is 192 Å². The second-order valence-corrected chi connectivity index (χ2v) is 7.90. The number of esters is 1. The molecule has 0 fully saturated rings. The zero-order valence-electron chi connectivity index (χ0n) is 18.3. The summed E-state index contributed by atoms with van der Waals surface area (Å²) in [6, 6.07) is 14.5. The fraction of sp³-hybridized carbons (Fsp3) is 0.320. The van der Waals surface area contributed by atoms with Gasteiger partial charge in [-0.3, -0.25) is 0 Å². The third kappa shape index (κ3) is 5.37. The summed E-state index contributed by atoms with van der Waals surface area (Å²) in [5, 5.41) is 9.61. The second kappa shape index (κ2) is 11.0. The highest BCUT2D eigenvalue weighted by Gasteiger charge is 2.23. The van der Waals surface area contributed by atoms with E-state index in [2.05, 4.69) is 11.9 Å². The normalized spacial score (nSPS) is 10.8. The molecule has 2 aromatic carbocycles. The van der Waals surface area contributed by atoms with E-state index in [1.165, 1.54) is 0 Å². The van der Waals surface area contributed by atoms with Crippen LogP contribution in [-0.2, 0) is 17.7 Å². The van der Waals surface area contributed by atoms with Crippen LogP contribution in [0.2, 0.25) is 5.15 Å². The summed E-state index contributed by atoms with van der Waals surface area (Å²) < 4.78 is 7.16. The molecular formula is C25H27ClN2O4. The molecule has 0 radical (unpaired) electrons. The minimum absolute atomic E-state index is 0.157. The number of carboxylic acids is 1. The monoisotopic (exact) mass is 454 g/mol. The number of aryl methyl sites for hydroxylation is 1.